The summed E-state index contributed by atoms with van der Waals surface area (Å²) in [6, 6.07) is 5.19. The molecule has 1 heterocycles. The van der Waals surface area contributed by atoms with Crippen molar-refractivity contribution in [3.8, 4) is 0 Å². The van der Waals surface area contributed by atoms with Gasteiger partial charge in [-0.05, 0) is 45.4 Å². The molecule has 160 valence electrons. The second-order valence-electron chi connectivity index (χ2n) is 8.56. The highest BCUT2D eigenvalue weighted by molar-refractivity contribution is 5.95. The molecule has 0 saturated carbocycles. The lowest BCUT2D eigenvalue weighted by Gasteiger charge is -2.35. The van der Waals surface area contributed by atoms with Crippen molar-refractivity contribution < 1.29 is 19.1 Å². The molecule has 0 aromatic heterocycles. The van der Waals surface area contributed by atoms with Gasteiger partial charge >= 0.3 is 12.1 Å². The molecule has 29 heavy (non-hydrogen) atoms. The summed E-state index contributed by atoms with van der Waals surface area (Å²) in [4.78, 5) is 40.0. The Morgan fingerprint density at radius 3 is 2.14 bits per heavy atom. The molecule has 1 aliphatic rings. The van der Waals surface area contributed by atoms with Crippen molar-refractivity contribution >= 4 is 29.4 Å². The molecular weight excluding hydrogens is 372 g/mol. The normalized spacial score (nSPS) is 14.6. The fraction of sp³-hybridized carbons (Fsp3) is 0.571. The Morgan fingerprint density at radius 2 is 1.59 bits per heavy atom. The number of carbonyl (C=O) groups excluding carboxylic acids is 3. The van der Waals surface area contributed by atoms with Crippen molar-refractivity contribution in [1.82, 2.24) is 9.80 Å². The van der Waals surface area contributed by atoms with Gasteiger partial charge in [0.15, 0.2) is 0 Å². The Hall–Kier alpha value is -2.77. The molecule has 0 atom stereocenters. The third-order valence-electron chi connectivity index (χ3n) is 4.49. The monoisotopic (exact) mass is 404 g/mol. The van der Waals surface area contributed by atoms with Gasteiger partial charge in [0.2, 0.25) is 5.91 Å². The van der Waals surface area contributed by atoms with Gasteiger partial charge in [-0.15, -0.1) is 0 Å². The van der Waals surface area contributed by atoms with Crippen LogP contribution in [0, 0.1) is 12.8 Å². The van der Waals surface area contributed by atoms with Gasteiger partial charge in [-0.2, -0.15) is 0 Å². The van der Waals surface area contributed by atoms with E-state index >= 15 is 0 Å². The summed E-state index contributed by atoms with van der Waals surface area (Å²) in [5.41, 5.74) is 1.64. The van der Waals surface area contributed by atoms with Gasteiger partial charge in [0.05, 0.1) is 0 Å². The lowest BCUT2D eigenvalue weighted by Crippen LogP contribution is -2.52. The number of piperazine rings is 1. The number of nitrogens with one attached hydrogen (secondary N) is 2. The van der Waals surface area contributed by atoms with Crippen molar-refractivity contribution in [3.05, 3.63) is 23.8 Å². The molecule has 1 saturated heterocycles. The van der Waals surface area contributed by atoms with Crippen LogP contribution >= 0.6 is 0 Å². The van der Waals surface area contributed by atoms with E-state index in [4.69, 9.17) is 4.74 Å². The number of anilines is 2. The van der Waals surface area contributed by atoms with Crippen LogP contribution in [0.15, 0.2) is 18.2 Å². The predicted molar refractivity (Wildman–Crippen MR) is 113 cm³/mol. The van der Waals surface area contributed by atoms with E-state index in [9.17, 15) is 14.4 Å². The number of amides is 4. The molecule has 0 bridgehead atoms. The quantitative estimate of drug-likeness (QED) is 0.804. The lowest BCUT2D eigenvalue weighted by atomic mass is 10.1. The number of urea groups is 1. The fourth-order valence-corrected chi connectivity index (χ4v) is 2.73. The zero-order valence-corrected chi connectivity index (χ0v) is 18.2. The number of benzene rings is 1. The maximum absolute atomic E-state index is 12.7. The summed E-state index contributed by atoms with van der Waals surface area (Å²) in [5, 5.41) is 5.74. The van der Waals surface area contributed by atoms with Crippen LogP contribution in [0.2, 0.25) is 0 Å². The maximum atomic E-state index is 12.7. The number of nitrogens with zero attached hydrogens (tertiary/aromatic N) is 2. The molecule has 4 amide bonds. The zero-order chi connectivity index (χ0) is 21.8. The minimum absolute atomic E-state index is 0.0793. The van der Waals surface area contributed by atoms with E-state index in [1.165, 1.54) is 0 Å². The van der Waals surface area contributed by atoms with Crippen LogP contribution in [0.4, 0.5) is 21.0 Å². The molecular formula is C21H32N4O4. The third kappa shape index (κ3) is 6.66. The number of aryl methyl sites for hydroxylation is 1. The van der Waals surface area contributed by atoms with Gasteiger partial charge in [0.1, 0.15) is 5.60 Å². The van der Waals surface area contributed by atoms with Crippen LogP contribution in [0.3, 0.4) is 0 Å². The summed E-state index contributed by atoms with van der Waals surface area (Å²) < 4.78 is 5.38. The summed E-state index contributed by atoms with van der Waals surface area (Å²) in [6.45, 7) is 12.7. The molecule has 0 radical (unpaired) electrons. The number of ether oxygens (including phenoxy) is 1. The topological polar surface area (TPSA) is 91.0 Å². The van der Waals surface area contributed by atoms with Crippen LogP contribution in [-0.4, -0.2) is 59.6 Å². The zero-order valence-electron chi connectivity index (χ0n) is 18.2. The molecule has 0 unspecified atom stereocenters. The van der Waals surface area contributed by atoms with Crippen molar-refractivity contribution in [2.75, 3.05) is 36.8 Å². The van der Waals surface area contributed by atoms with Gasteiger partial charge in [-0.3, -0.25) is 4.79 Å². The van der Waals surface area contributed by atoms with Crippen molar-refractivity contribution in [2.24, 2.45) is 5.92 Å². The molecule has 1 aromatic rings. The summed E-state index contributed by atoms with van der Waals surface area (Å²) in [7, 11) is 0. The van der Waals surface area contributed by atoms with Crippen molar-refractivity contribution in [3.63, 3.8) is 0 Å². The molecule has 0 aliphatic carbocycles. The molecule has 1 fully saturated rings. The third-order valence-corrected chi connectivity index (χ3v) is 4.49. The smallest absolute Gasteiger partial charge is 0.410 e. The average Bonchev–Trinajstić information content (AvgIpc) is 2.63. The second kappa shape index (κ2) is 9.15. The minimum atomic E-state index is -0.543. The van der Waals surface area contributed by atoms with Crippen LogP contribution in [0.5, 0.6) is 0 Å². The fourth-order valence-electron chi connectivity index (χ4n) is 2.73. The Morgan fingerprint density at radius 1 is 1.00 bits per heavy atom. The number of carbonyl (C=O) groups is 3. The Labute approximate surface area is 172 Å². The molecule has 8 nitrogen and oxygen atoms in total. The van der Waals surface area contributed by atoms with E-state index in [1.807, 2.05) is 53.7 Å². The molecule has 0 spiro atoms. The first kappa shape index (κ1) is 22.5. The largest absolute Gasteiger partial charge is 0.444 e. The van der Waals surface area contributed by atoms with E-state index < -0.39 is 5.60 Å². The first-order valence-electron chi connectivity index (χ1n) is 9.91. The highest BCUT2D eigenvalue weighted by atomic mass is 16.6. The highest BCUT2D eigenvalue weighted by Gasteiger charge is 2.27. The van der Waals surface area contributed by atoms with Gasteiger partial charge < -0.3 is 25.2 Å². The summed E-state index contributed by atoms with van der Waals surface area (Å²) in [5.74, 6) is -0.208. The maximum Gasteiger partial charge on any atom is 0.410 e. The number of hydrogen-bond donors (Lipinski definition) is 2. The summed E-state index contributed by atoms with van der Waals surface area (Å²) in [6.07, 6.45) is -0.359. The summed E-state index contributed by atoms with van der Waals surface area (Å²) >= 11 is 0. The van der Waals surface area contributed by atoms with Crippen LogP contribution in [0.1, 0.15) is 40.2 Å². The van der Waals surface area contributed by atoms with Crippen LogP contribution < -0.4 is 10.6 Å². The number of rotatable bonds is 3. The standard InChI is InChI=1S/C21H32N4O4/c1-14(2)18(26)22-16-8-7-15(3)17(13-16)23-19(27)24-9-11-25(12-10-24)20(28)29-21(4,5)6/h7-8,13-14H,9-12H2,1-6H3,(H,22,26)(H,23,27). The average molecular weight is 405 g/mol. The van der Waals surface area contributed by atoms with Crippen LogP contribution in [-0.2, 0) is 9.53 Å². The highest BCUT2D eigenvalue weighted by Crippen LogP contribution is 2.22. The SMILES string of the molecule is Cc1ccc(NC(=O)C(C)C)cc1NC(=O)N1CCN(C(=O)OC(C)(C)C)CC1. The van der Waals surface area contributed by atoms with Gasteiger partial charge in [0.25, 0.3) is 0 Å². The second-order valence-corrected chi connectivity index (χ2v) is 8.56. The van der Waals surface area contributed by atoms with Gasteiger partial charge in [-0.25, -0.2) is 9.59 Å². The predicted octanol–water partition coefficient (Wildman–Crippen LogP) is 3.67. The van der Waals surface area contributed by atoms with Gasteiger partial charge in [0, 0.05) is 43.5 Å². The van der Waals surface area contributed by atoms with E-state index in [2.05, 4.69) is 10.6 Å². The van der Waals surface area contributed by atoms with E-state index in [1.54, 1.807) is 15.9 Å². The van der Waals surface area contributed by atoms with E-state index in [-0.39, 0.29) is 23.9 Å². The number of hydrogen-bond acceptors (Lipinski definition) is 4. The minimum Gasteiger partial charge on any atom is -0.444 e. The molecule has 2 N–H and O–H groups in total. The Bertz CT molecular complexity index is 762. The Balaban J connectivity index is 1.94. The van der Waals surface area contributed by atoms with Crippen LogP contribution in [0.25, 0.3) is 0 Å². The Kier molecular flexibility index (Phi) is 7.11. The molecule has 1 aromatic carbocycles. The first-order valence-corrected chi connectivity index (χ1v) is 9.91. The van der Waals surface area contributed by atoms with E-state index in [0.717, 1.165) is 5.56 Å². The molecule has 1 aliphatic heterocycles. The van der Waals surface area contributed by atoms with Crippen molar-refractivity contribution in [1.29, 1.82) is 0 Å². The molecule has 8 heteroatoms. The van der Waals surface area contributed by atoms with Gasteiger partial charge in [-0.1, -0.05) is 19.9 Å². The van der Waals surface area contributed by atoms with Crippen molar-refractivity contribution in [2.45, 2.75) is 47.1 Å². The first-order chi connectivity index (χ1) is 13.5. The lowest BCUT2D eigenvalue weighted by molar-refractivity contribution is -0.118. The molecule has 2 rings (SSSR count). The van der Waals surface area contributed by atoms with E-state index in [0.29, 0.717) is 37.6 Å².